The van der Waals surface area contributed by atoms with Crippen molar-refractivity contribution in [1.29, 1.82) is 0 Å². The summed E-state index contributed by atoms with van der Waals surface area (Å²) in [6.07, 6.45) is 1.10. The molecular formula is C13H17N3O2S. The quantitative estimate of drug-likeness (QED) is 0.882. The number of thiophene rings is 1. The maximum absolute atomic E-state index is 11.5. The summed E-state index contributed by atoms with van der Waals surface area (Å²) in [7, 11) is 0. The van der Waals surface area contributed by atoms with E-state index >= 15 is 0 Å². The topological polar surface area (TPSA) is 68.0 Å². The van der Waals surface area contributed by atoms with E-state index in [1.54, 1.807) is 11.3 Å². The van der Waals surface area contributed by atoms with Crippen molar-refractivity contribution >= 4 is 17.2 Å². The van der Waals surface area contributed by atoms with Crippen molar-refractivity contribution in [3.63, 3.8) is 0 Å². The lowest BCUT2D eigenvalue weighted by Crippen LogP contribution is -2.26. The van der Waals surface area contributed by atoms with Gasteiger partial charge in [0.25, 0.3) is 0 Å². The summed E-state index contributed by atoms with van der Waals surface area (Å²) < 4.78 is 5.15. The van der Waals surface area contributed by atoms with Gasteiger partial charge in [-0.15, -0.1) is 11.3 Å². The Kier molecular flexibility index (Phi) is 4.68. The van der Waals surface area contributed by atoms with Crippen LogP contribution in [0.25, 0.3) is 10.7 Å². The number of carbonyl (C=O) groups is 1. The molecule has 0 aliphatic heterocycles. The van der Waals surface area contributed by atoms with E-state index in [9.17, 15) is 4.79 Å². The van der Waals surface area contributed by atoms with Crippen LogP contribution in [0.4, 0.5) is 0 Å². The summed E-state index contributed by atoms with van der Waals surface area (Å²) in [5.74, 6) is 1.59. The van der Waals surface area contributed by atoms with Crippen LogP contribution in [0.15, 0.2) is 22.0 Å². The molecule has 0 atom stereocenters. The van der Waals surface area contributed by atoms with Gasteiger partial charge in [0.15, 0.2) is 0 Å². The van der Waals surface area contributed by atoms with Crippen LogP contribution in [0.2, 0.25) is 0 Å². The fraction of sp³-hybridized carbons (Fsp3) is 0.462. The monoisotopic (exact) mass is 279 g/mol. The lowest BCUT2D eigenvalue weighted by molar-refractivity contribution is -0.121. The first-order valence-corrected chi connectivity index (χ1v) is 7.16. The number of rotatable bonds is 6. The molecule has 0 fully saturated rings. The molecular weight excluding hydrogens is 262 g/mol. The largest absolute Gasteiger partial charge is 0.356 e. The first kappa shape index (κ1) is 13.7. The van der Waals surface area contributed by atoms with Crippen LogP contribution in [0.5, 0.6) is 0 Å². The van der Waals surface area contributed by atoms with E-state index in [0.717, 1.165) is 4.88 Å². The molecule has 0 saturated heterocycles. The van der Waals surface area contributed by atoms with Gasteiger partial charge in [-0.05, 0) is 17.4 Å². The van der Waals surface area contributed by atoms with Gasteiger partial charge in [0.05, 0.1) is 4.88 Å². The van der Waals surface area contributed by atoms with Crippen LogP contribution < -0.4 is 5.32 Å². The van der Waals surface area contributed by atoms with E-state index in [0.29, 0.717) is 37.0 Å². The van der Waals surface area contributed by atoms with Gasteiger partial charge < -0.3 is 9.84 Å². The molecule has 2 aromatic rings. The highest BCUT2D eigenvalue weighted by Gasteiger charge is 2.10. The average molecular weight is 279 g/mol. The second kappa shape index (κ2) is 6.47. The SMILES string of the molecule is CC(C)CC(=O)NCCc1nc(-c2cccs2)no1. The number of carbonyl (C=O) groups excluding carboxylic acids is 1. The van der Waals surface area contributed by atoms with Gasteiger partial charge in [-0.2, -0.15) is 4.98 Å². The fourth-order valence-corrected chi connectivity index (χ4v) is 2.26. The molecule has 0 aliphatic rings. The summed E-state index contributed by atoms with van der Waals surface area (Å²) in [5, 5.41) is 8.73. The molecule has 2 rings (SSSR count). The van der Waals surface area contributed by atoms with Crippen LogP contribution in [0.1, 0.15) is 26.2 Å². The molecule has 2 aromatic heterocycles. The number of hydrogen-bond acceptors (Lipinski definition) is 5. The second-order valence-corrected chi connectivity index (χ2v) is 5.63. The zero-order chi connectivity index (χ0) is 13.7. The first-order valence-electron chi connectivity index (χ1n) is 6.28. The molecule has 5 nitrogen and oxygen atoms in total. The third-order valence-electron chi connectivity index (χ3n) is 2.46. The fourth-order valence-electron chi connectivity index (χ4n) is 1.61. The Balaban J connectivity index is 1.79. The summed E-state index contributed by atoms with van der Waals surface area (Å²) in [6, 6.07) is 3.89. The molecule has 0 saturated carbocycles. The summed E-state index contributed by atoms with van der Waals surface area (Å²) in [6.45, 7) is 4.56. The molecule has 1 N–H and O–H groups in total. The van der Waals surface area contributed by atoms with Crippen molar-refractivity contribution in [2.45, 2.75) is 26.7 Å². The molecule has 102 valence electrons. The third kappa shape index (κ3) is 4.17. The Labute approximate surface area is 116 Å². The molecule has 0 unspecified atom stereocenters. The highest BCUT2D eigenvalue weighted by atomic mass is 32.1. The van der Waals surface area contributed by atoms with E-state index in [4.69, 9.17) is 4.52 Å². The smallest absolute Gasteiger partial charge is 0.228 e. The van der Waals surface area contributed by atoms with Crippen LogP contribution in [0, 0.1) is 5.92 Å². The van der Waals surface area contributed by atoms with Crippen molar-refractivity contribution in [2.24, 2.45) is 5.92 Å². The molecule has 0 bridgehead atoms. The predicted octanol–water partition coefficient (Wildman–Crippen LogP) is 2.50. The van der Waals surface area contributed by atoms with Crippen LogP contribution in [0.3, 0.4) is 0 Å². The van der Waals surface area contributed by atoms with Crippen molar-refractivity contribution in [3.8, 4) is 10.7 Å². The highest BCUT2D eigenvalue weighted by Crippen LogP contribution is 2.21. The van der Waals surface area contributed by atoms with Gasteiger partial charge in [0.1, 0.15) is 0 Å². The summed E-state index contributed by atoms with van der Waals surface area (Å²) in [5.41, 5.74) is 0. The standard InChI is InChI=1S/C13H17N3O2S/c1-9(2)8-11(17)14-6-5-12-15-13(16-18-12)10-4-3-7-19-10/h3-4,7,9H,5-6,8H2,1-2H3,(H,14,17). The van der Waals surface area contributed by atoms with Crippen LogP contribution in [-0.2, 0) is 11.2 Å². The normalized spacial score (nSPS) is 10.9. The number of aromatic nitrogens is 2. The van der Waals surface area contributed by atoms with Gasteiger partial charge >= 0.3 is 0 Å². The molecule has 0 radical (unpaired) electrons. The molecule has 1 amide bonds. The Morgan fingerprint density at radius 2 is 2.37 bits per heavy atom. The zero-order valence-corrected chi connectivity index (χ0v) is 11.9. The van der Waals surface area contributed by atoms with Gasteiger partial charge in [-0.25, -0.2) is 0 Å². The lowest BCUT2D eigenvalue weighted by atomic mass is 10.1. The van der Waals surface area contributed by atoms with E-state index < -0.39 is 0 Å². The Morgan fingerprint density at radius 1 is 1.53 bits per heavy atom. The average Bonchev–Trinajstić information content (AvgIpc) is 2.97. The Morgan fingerprint density at radius 3 is 3.05 bits per heavy atom. The number of amides is 1. The second-order valence-electron chi connectivity index (χ2n) is 4.69. The molecule has 0 aromatic carbocycles. The van der Waals surface area contributed by atoms with E-state index in [1.807, 2.05) is 31.4 Å². The third-order valence-corrected chi connectivity index (χ3v) is 3.33. The lowest BCUT2D eigenvalue weighted by Gasteiger charge is -2.05. The number of nitrogens with one attached hydrogen (secondary N) is 1. The molecule has 0 aliphatic carbocycles. The van der Waals surface area contributed by atoms with E-state index in [-0.39, 0.29) is 5.91 Å². The van der Waals surface area contributed by atoms with Gasteiger partial charge in [0.2, 0.25) is 17.6 Å². The maximum Gasteiger partial charge on any atom is 0.228 e. The van der Waals surface area contributed by atoms with Crippen molar-refractivity contribution in [2.75, 3.05) is 6.54 Å². The zero-order valence-electron chi connectivity index (χ0n) is 11.0. The van der Waals surface area contributed by atoms with Crippen molar-refractivity contribution in [3.05, 3.63) is 23.4 Å². The minimum atomic E-state index is 0.0630. The minimum Gasteiger partial charge on any atom is -0.356 e. The molecule has 19 heavy (non-hydrogen) atoms. The van der Waals surface area contributed by atoms with Crippen LogP contribution >= 0.6 is 11.3 Å². The summed E-state index contributed by atoms with van der Waals surface area (Å²) in [4.78, 5) is 16.7. The van der Waals surface area contributed by atoms with E-state index in [1.165, 1.54) is 0 Å². The minimum absolute atomic E-state index is 0.0630. The number of nitrogens with zero attached hydrogens (tertiary/aromatic N) is 2. The van der Waals surface area contributed by atoms with Gasteiger partial charge in [0, 0.05) is 19.4 Å². The number of hydrogen-bond donors (Lipinski definition) is 1. The predicted molar refractivity (Wildman–Crippen MR) is 73.8 cm³/mol. The molecule has 0 spiro atoms. The van der Waals surface area contributed by atoms with Crippen LogP contribution in [-0.4, -0.2) is 22.6 Å². The Hall–Kier alpha value is -1.69. The van der Waals surface area contributed by atoms with Crippen molar-refractivity contribution < 1.29 is 9.32 Å². The van der Waals surface area contributed by atoms with Gasteiger partial charge in [-0.1, -0.05) is 25.1 Å². The van der Waals surface area contributed by atoms with E-state index in [2.05, 4.69) is 15.5 Å². The highest BCUT2D eigenvalue weighted by molar-refractivity contribution is 7.13. The first-order chi connectivity index (χ1) is 9.15. The summed E-state index contributed by atoms with van der Waals surface area (Å²) >= 11 is 1.57. The molecule has 6 heteroatoms. The maximum atomic E-state index is 11.5. The molecule has 2 heterocycles. The Bertz CT molecular complexity index is 520. The van der Waals surface area contributed by atoms with Crippen molar-refractivity contribution in [1.82, 2.24) is 15.5 Å². The van der Waals surface area contributed by atoms with Gasteiger partial charge in [-0.3, -0.25) is 4.79 Å².